The van der Waals surface area contributed by atoms with E-state index in [1.54, 1.807) is 0 Å². The van der Waals surface area contributed by atoms with Crippen molar-refractivity contribution >= 4 is 11.8 Å². The number of nitrogens with one attached hydrogen (secondary N) is 1. The molecule has 2 unspecified atom stereocenters. The monoisotopic (exact) mass is 283 g/mol. The van der Waals surface area contributed by atoms with Gasteiger partial charge in [0.1, 0.15) is 0 Å². The summed E-state index contributed by atoms with van der Waals surface area (Å²) in [6.07, 6.45) is 7.46. The fraction of sp³-hybridized carbons (Fsp3) is 0.857. The Morgan fingerprint density at radius 2 is 2.16 bits per heavy atom. The van der Waals surface area contributed by atoms with Crippen molar-refractivity contribution in [1.82, 2.24) is 15.5 Å². The molecule has 2 atom stereocenters. The van der Waals surface area contributed by atoms with Crippen molar-refractivity contribution in [3.05, 3.63) is 11.7 Å². The number of rotatable bonds is 6. The Hall–Kier alpha value is -0.550. The summed E-state index contributed by atoms with van der Waals surface area (Å²) in [5.41, 5.74) is 0. The van der Waals surface area contributed by atoms with Gasteiger partial charge in [0, 0.05) is 6.04 Å². The van der Waals surface area contributed by atoms with Crippen LogP contribution in [0.4, 0.5) is 0 Å². The van der Waals surface area contributed by atoms with E-state index in [0.29, 0.717) is 12.0 Å². The van der Waals surface area contributed by atoms with Crippen molar-refractivity contribution in [3.8, 4) is 0 Å². The number of aromatic nitrogens is 2. The Balaban J connectivity index is 1.98. The molecule has 0 spiro atoms. The van der Waals surface area contributed by atoms with E-state index < -0.39 is 0 Å². The molecule has 0 bridgehead atoms. The maximum Gasteiger partial charge on any atom is 0.231 e. The van der Waals surface area contributed by atoms with Crippen LogP contribution >= 0.6 is 11.8 Å². The van der Waals surface area contributed by atoms with Crippen LogP contribution in [0, 0.1) is 0 Å². The van der Waals surface area contributed by atoms with Crippen LogP contribution in [0.3, 0.4) is 0 Å². The first-order valence-electron chi connectivity index (χ1n) is 7.42. The molecule has 0 amide bonds. The van der Waals surface area contributed by atoms with Crippen molar-refractivity contribution in [3.63, 3.8) is 0 Å². The van der Waals surface area contributed by atoms with E-state index in [1.165, 1.54) is 32.1 Å². The fourth-order valence-corrected chi connectivity index (χ4v) is 3.47. The Morgan fingerprint density at radius 1 is 1.32 bits per heavy atom. The van der Waals surface area contributed by atoms with Crippen LogP contribution in [0.1, 0.15) is 63.1 Å². The average molecular weight is 283 g/mol. The van der Waals surface area contributed by atoms with Gasteiger partial charge in [-0.1, -0.05) is 31.3 Å². The first kappa shape index (κ1) is 14.9. The van der Waals surface area contributed by atoms with Crippen LogP contribution in [0.5, 0.6) is 0 Å². The minimum Gasteiger partial charge on any atom is -0.339 e. The summed E-state index contributed by atoms with van der Waals surface area (Å²) >= 11 is 1.88. The van der Waals surface area contributed by atoms with Crippen LogP contribution < -0.4 is 5.32 Å². The molecule has 108 valence electrons. The third-order valence-corrected chi connectivity index (χ3v) is 4.93. The lowest BCUT2D eigenvalue weighted by Crippen LogP contribution is -2.31. The van der Waals surface area contributed by atoms with Crippen LogP contribution in [0.15, 0.2) is 4.52 Å². The summed E-state index contributed by atoms with van der Waals surface area (Å²) in [7, 11) is 2.04. The zero-order valence-electron chi connectivity index (χ0n) is 12.0. The second-order valence-corrected chi connectivity index (χ2v) is 6.35. The van der Waals surface area contributed by atoms with Gasteiger partial charge in [0.05, 0.1) is 11.7 Å². The Kier molecular flexibility index (Phi) is 6.17. The summed E-state index contributed by atoms with van der Waals surface area (Å²) in [5, 5.41) is 7.55. The molecule has 1 aliphatic rings. The van der Waals surface area contributed by atoms with E-state index >= 15 is 0 Å². The van der Waals surface area contributed by atoms with Crippen molar-refractivity contribution in [2.45, 2.75) is 63.2 Å². The first-order valence-corrected chi connectivity index (χ1v) is 8.58. The van der Waals surface area contributed by atoms with Crippen LogP contribution in [-0.4, -0.2) is 29.0 Å². The summed E-state index contributed by atoms with van der Waals surface area (Å²) in [5.74, 6) is 4.12. The maximum atomic E-state index is 5.51. The molecule has 1 fully saturated rings. The molecule has 1 aromatic rings. The molecule has 0 radical (unpaired) electrons. The van der Waals surface area contributed by atoms with Crippen molar-refractivity contribution in [2.75, 3.05) is 12.8 Å². The normalized spacial score (nSPS) is 24.3. The van der Waals surface area contributed by atoms with E-state index in [4.69, 9.17) is 4.52 Å². The standard InChI is InChI=1S/C14H25N3OS/c1-3-9-19-10-13-16-14(18-17-13)11-7-5-4-6-8-12(11)15-2/h11-12,15H,3-10H2,1-2H3. The van der Waals surface area contributed by atoms with Gasteiger partial charge in [-0.05, 0) is 32.1 Å². The lowest BCUT2D eigenvalue weighted by Gasteiger charge is -2.20. The minimum atomic E-state index is 0.393. The van der Waals surface area contributed by atoms with Gasteiger partial charge in [-0.2, -0.15) is 16.7 Å². The van der Waals surface area contributed by atoms with Gasteiger partial charge < -0.3 is 9.84 Å². The number of hydrogen-bond donors (Lipinski definition) is 1. The highest BCUT2D eigenvalue weighted by Gasteiger charge is 2.28. The third-order valence-electron chi connectivity index (χ3n) is 3.77. The maximum absolute atomic E-state index is 5.51. The van der Waals surface area contributed by atoms with Crippen LogP contribution in [0.25, 0.3) is 0 Å². The molecule has 0 saturated heterocycles. The molecule has 0 aliphatic heterocycles. The van der Waals surface area contributed by atoms with Gasteiger partial charge in [0.2, 0.25) is 5.89 Å². The highest BCUT2D eigenvalue weighted by molar-refractivity contribution is 7.98. The molecule has 5 heteroatoms. The van der Waals surface area contributed by atoms with Crippen molar-refractivity contribution in [2.24, 2.45) is 0 Å². The van der Waals surface area contributed by atoms with E-state index in [1.807, 2.05) is 18.8 Å². The second kappa shape index (κ2) is 7.90. The molecule has 2 rings (SSSR count). The second-order valence-electron chi connectivity index (χ2n) is 5.24. The molecule has 1 saturated carbocycles. The predicted molar refractivity (Wildman–Crippen MR) is 79.4 cm³/mol. The average Bonchev–Trinajstić information content (AvgIpc) is 2.76. The molecule has 4 nitrogen and oxygen atoms in total. The Morgan fingerprint density at radius 3 is 2.95 bits per heavy atom. The Bertz CT molecular complexity index is 369. The van der Waals surface area contributed by atoms with Gasteiger partial charge in [0.15, 0.2) is 5.82 Å². The topological polar surface area (TPSA) is 51.0 Å². The van der Waals surface area contributed by atoms with E-state index in [0.717, 1.165) is 29.6 Å². The molecular formula is C14H25N3OS. The van der Waals surface area contributed by atoms with Crippen molar-refractivity contribution < 1.29 is 4.52 Å². The molecule has 1 aromatic heterocycles. The minimum absolute atomic E-state index is 0.393. The molecule has 19 heavy (non-hydrogen) atoms. The predicted octanol–water partition coefficient (Wildman–Crippen LogP) is 3.35. The molecule has 1 N–H and O–H groups in total. The van der Waals surface area contributed by atoms with Crippen molar-refractivity contribution in [1.29, 1.82) is 0 Å². The molecular weight excluding hydrogens is 258 g/mol. The van der Waals surface area contributed by atoms with E-state index in [2.05, 4.69) is 22.4 Å². The van der Waals surface area contributed by atoms with Gasteiger partial charge in [0.25, 0.3) is 0 Å². The number of thioether (sulfide) groups is 1. The van der Waals surface area contributed by atoms with Gasteiger partial charge in [-0.25, -0.2) is 0 Å². The highest BCUT2D eigenvalue weighted by atomic mass is 32.2. The number of nitrogens with zero attached hydrogens (tertiary/aromatic N) is 2. The summed E-state index contributed by atoms with van der Waals surface area (Å²) < 4.78 is 5.51. The number of hydrogen-bond acceptors (Lipinski definition) is 5. The third kappa shape index (κ3) is 4.21. The smallest absolute Gasteiger partial charge is 0.231 e. The molecule has 0 aromatic carbocycles. The van der Waals surface area contributed by atoms with Crippen LogP contribution in [-0.2, 0) is 5.75 Å². The number of likely N-dealkylation sites (N-methyl/N-ethyl adjacent to an activating group) is 1. The molecule has 1 heterocycles. The van der Waals surface area contributed by atoms with Gasteiger partial charge in [-0.3, -0.25) is 0 Å². The first-order chi connectivity index (χ1) is 9.35. The van der Waals surface area contributed by atoms with Crippen LogP contribution in [0.2, 0.25) is 0 Å². The van der Waals surface area contributed by atoms with Gasteiger partial charge in [-0.15, -0.1) is 0 Å². The fourth-order valence-electron chi connectivity index (χ4n) is 2.73. The summed E-state index contributed by atoms with van der Waals surface area (Å²) in [6, 6.07) is 0.485. The lowest BCUT2D eigenvalue weighted by atomic mass is 9.95. The Labute approximate surface area is 120 Å². The zero-order valence-corrected chi connectivity index (χ0v) is 12.8. The van der Waals surface area contributed by atoms with Gasteiger partial charge >= 0.3 is 0 Å². The SMILES string of the molecule is CCCSCc1noc(C2CCCCCC2NC)n1. The zero-order chi connectivity index (χ0) is 13.5. The summed E-state index contributed by atoms with van der Waals surface area (Å²) in [6.45, 7) is 2.19. The quantitative estimate of drug-likeness (QED) is 0.641. The molecule has 1 aliphatic carbocycles. The van der Waals surface area contributed by atoms with E-state index in [9.17, 15) is 0 Å². The lowest BCUT2D eigenvalue weighted by molar-refractivity contribution is 0.309. The summed E-state index contributed by atoms with van der Waals surface area (Å²) in [4.78, 5) is 4.61. The largest absolute Gasteiger partial charge is 0.339 e. The van der Waals surface area contributed by atoms with E-state index in [-0.39, 0.29) is 0 Å². The highest BCUT2D eigenvalue weighted by Crippen LogP contribution is 2.31.